The fourth-order valence-corrected chi connectivity index (χ4v) is 4.00. The zero-order valence-electron chi connectivity index (χ0n) is 14.1. The van der Waals surface area contributed by atoms with Gasteiger partial charge in [-0.3, -0.25) is 9.59 Å². The Morgan fingerprint density at radius 3 is 2.56 bits per heavy atom. The van der Waals surface area contributed by atoms with Crippen LogP contribution in [-0.2, 0) is 24.3 Å². The predicted molar refractivity (Wildman–Crippen MR) is 91.0 cm³/mol. The maximum atomic E-state index is 12.8. The van der Waals surface area contributed by atoms with Crippen LogP contribution in [0.5, 0.6) is 0 Å². The summed E-state index contributed by atoms with van der Waals surface area (Å²) in [4.78, 5) is 23.5. The standard InChI is InChI=1S/C16H23N3O5S/c1-2-9-17-15(20)16(21)18-12-14-19(10-6-11-24-14)25(22,23)13-7-4-3-5-8-13/h3-5,7-8,14H,2,6,9-12H2,1H3,(H,17,20)(H,18,21)/t14-/m1/s1. The van der Waals surface area contributed by atoms with Gasteiger partial charge in [0.2, 0.25) is 10.0 Å². The fraction of sp³-hybridized carbons (Fsp3) is 0.500. The maximum absolute atomic E-state index is 12.8. The first-order chi connectivity index (χ1) is 12.0. The van der Waals surface area contributed by atoms with Crippen molar-refractivity contribution in [1.29, 1.82) is 0 Å². The molecule has 0 saturated carbocycles. The monoisotopic (exact) mass is 369 g/mol. The smallest absolute Gasteiger partial charge is 0.309 e. The zero-order chi connectivity index (χ0) is 18.3. The number of hydrogen-bond donors (Lipinski definition) is 2. The SMILES string of the molecule is CCCNC(=O)C(=O)NC[C@H]1OCCCN1S(=O)(=O)c1ccccc1. The lowest BCUT2D eigenvalue weighted by Gasteiger charge is -2.34. The van der Waals surface area contributed by atoms with E-state index in [2.05, 4.69) is 10.6 Å². The van der Waals surface area contributed by atoms with Crippen LogP contribution in [0.2, 0.25) is 0 Å². The molecule has 1 atom stereocenters. The summed E-state index contributed by atoms with van der Waals surface area (Å²) < 4.78 is 32.3. The van der Waals surface area contributed by atoms with Crippen molar-refractivity contribution in [2.75, 3.05) is 26.2 Å². The molecule has 1 aromatic carbocycles. The molecule has 1 aliphatic rings. The minimum Gasteiger partial charge on any atom is -0.360 e. The van der Waals surface area contributed by atoms with Crippen molar-refractivity contribution in [2.24, 2.45) is 0 Å². The number of nitrogens with zero attached hydrogens (tertiary/aromatic N) is 1. The van der Waals surface area contributed by atoms with Gasteiger partial charge in [0, 0.05) is 13.1 Å². The summed E-state index contributed by atoms with van der Waals surface area (Å²) in [5.41, 5.74) is 0. The van der Waals surface area contributed by atoms with Gasteiger partial charge in [0.1, 0.15) is 6.23 Å². The van der Waals surface area contributed by atoms with E-state index in [9.17, 15) is 18.0 Å². The Kier molecular flexibility index (Phi) is 6.91. The van der Waals surface area contributed by atoms with Gasteiger partial charge in [0.15, 0.2) is 0 Å². The Labute approximate surface area is 147 Å². The van der Waals surface area contributed by atoms with E-state index in [1.807, 2.05) is 6.92 Å². The lowest BCUT2D eigenvalue weighted by molar-refractivity contribution is -0.140. The second-order valence-corrected chi connectivity index (χ2v) is 7.46. The van der Waals surface area contributed by atoms with Crippen molar-refractivity contribution in [2.45, 2.75) is 30.9 Å². The molecule has 2 amide bonds. The van der Waals surface area contributed by atoms with Crippen molar-refractivity contribution in [1.82, 2.24) is 14.9 Å². The van der Waals surface area contributed by atoms with Crippen LogP contribution in [-0.4, -0.2) is 57.0 Å². The van der Waals surface area contributed by atoms with E-state index in [0.29, 0.717) is 32.5 Å². The van der Waals surface area contributed by atoms with Crippen LogP contribution in [0.25, 0.3) is 0 Å². The molecule has 0 spiro atoms. The van der Waals surface area contributed by atoms with Crippen molar-refractivity contribution in [3.8, 4) is 0 Å². The minimum absolute atomic E-state index is 0.0928. The lowest BCUT2D eigenvalue weighted by atomic mass is 10.3. The van der Waals surface area contributed by atoms with E-state index in [1.54, 1.807) is 18.2 Å². The summed E-state index contributed by atoms with van der Waals surface area (Å²) in [5, 5.41) is 4.90. The van der Waals surface area contributed by atoms with E-state index in [1.165, 1.54) is 16.4 Å². The van der Waals surface area contributed by atoms with Crippen molar-refractivity contribution in [3.63, 3.8) is 0 Å². The summed E-state index contributed by atoms with van der Waals surface area (Å²) in [7, 11) is -3.74. The Bertz CT molecular complexity index is 693. The van der Waals surface area contributed by atoms with Crippen LogP contribution in [0, 0.1) is 0 Å². The molecule has 0 aromatic heterocycles. The summed E-state index contributed by atoms with van der Waals surface area (Å²) in [6.45, 7) is 2.87. The van der Waals surface area contributed by atoms with E-state index in [0.717, 1.165) is 0 Å². The van der Waals surface area contributed by atoms with Gasteiger partial charge >= 0.3 is 11.8 Å². The van der Waals surface area contributed by atoms with Crippen LogP contribution < -0.4 is 10.6 Å². The number of nitrogens with one attached hydrogen (secondary N) is 2. The number of sulfonamides is 1. The Morgan fingerprint density at radius 1 is 1.20 bits per heavy atom. The summed E-state index contributed by atoms with van der Waals surface area (Å²) in [6.07, 6.45) is 0.434. The predicted octanol–water partition coefficient (Wildman–Crippen LogP) is 0.0661. The first kappa shape index (κ1) is 19.4. The molecular weight excluding hydrogens is 346 g/mol. The molecule has 2 rings (SSSR count). The van der Waals surface area contributed by atoms with Crippen molar-refractivity contribution in [3.05, 3.63) is 30.3 Å². The summed E-state index contributed by atoms with van der Waals surface area (Å²) in [6, 6.07) is 8.05. The molecule has 1 aromatic rings. The van der Waals surface area contributed by atoms with Crippen LogP contribution in [0.4, 0.5) is 0 Å². The van der Waals surface area contributed by atoms with Gasteiger partial charge in [0.05, 0.1) is 18.0 Å². The highest BCUT2D eigenvalue weighted by Crippen LogP contribution is 2.21. The van der Waals surface area contributed by atoms with E-state index in [-0.39, 0.29) is 11.4 Å². The largest absolute Gasteiger partial charge is 0.360 e. The second-order valence-electron chi connectivity index (χ2n) is 5.57. The number of ether oxygens (including phenoxy) is 1. The van der Waals surface area contributed by atoms with Gasteiger partial charge in [-0.05, 0) is 25.0 Å². The van der Waals surface area contributed by atoms with Gasteiger partial charge in [-0.2, -0.15) is 4.31 Å². The number of rotatable bonds is 6. The highest BCUT2D eigenvalue weighted by atomic mass is 32.2. The third kappa shape index (κ3) is 5.00. The average Bonchev–Trinajstić information content (AvgIpc) is 2.65. The summed E-state index contributed by atoms with van der Waals surface area (Å²) in [5.74, 6) is -1.55. The Morgan fingerprint density at radius 2 is 1.88 bits per heavy atom. The first-order valence-corrected chi connectivity index (χ1v) is 9.65. The number of carbonyl (C=O) groups excluding carboxylic acids is 2. The van der Waals surface area contributed by atoms with Gasteiger partial charge in [0.25, 0.3) is 0 Å². The zero-order valence-corrected chi connectivity index (χ0v) is 14.9. The lowest BCUT2D eigenvalue weighted by Crippen LogP contribution is -2.53. The topological polar surface area (TPSA) is 105 Å². The molecule has 138 valence electrons. The molecule has 0 unspecified atom stereocenters. The third-order valence-corrected chi connectivity index (χ3v) is 5.59. The van der Waals surface area contributed by atoms with Crippen molar-refractivity contribution >= 4 is 21.8 Å². The van der Waals surface area contributed by atoms with Gasteiger partial charge in [-0.1, -0.05) is 25.1 Å². The quantitative estimate of drug-likeness (QED) is 0.690. The van der Waals surface area contributed by atoms with Crippen LogP contribution >= 0.6 is 0 Å². The van der Waals surface area contributed by atoms with E-state index >= 15 is 0 Å². The van der Waals surface area contributed by atoms with Gasteiger partial charge in [-0.15, -0.1) is 0 Å². The second kappa shape index (κ2) is 8.93. The fourth-order valence-electron chi connectivity index (χ4n) is 2.41. The number of hydrogen-bond acceptors (Lipinski definition) is 5. The molecule has 1 heterocycles. The molecule has 8 nitrogen and oxygen atoms in total. The third-order valence-electron chi connectivity index (χ3n) is 3.68. The highest BCUT2D eigenvalue weighted by molar-refractivity contribution is 7.89. The molecular formula is C16H23N3O5S. The van der Waals surface area contributed by atoms with Crippen LogP contribution in [0.15, 0.2) is 35.2 Å². The number of benzene rings is 1. The molecule has 25 heavy (non-hydrogen) atoms. The normalized spacial score (nSPS) is 18.5. The van der Waals surface area contributed by atoms with Gasteiger partial charge in [-0.25, -0.2) is 8.42 Å². The molecule has 9 heteroatoms. The summed E-state index contributed by atoms with van der Waals surface area (Å²) >= 11 is 0. The molecule has 2 N–H and O–H groups in total. The van der Waals surface area contributed by atoms with Gasteiger partial charge < -0.3 is 15.4 Å². The van der Waals surface area contributed by atoms with E-state index in [4.69, 9.17) is 4.74 Å². The van der Waals surface area contributed by atoms with Crippen molar-refractivity contribution < 1.29 is 22.7 Å². The number of amides is 2. The molecule has 0 aliphatic carbocycles. The van der Waals surface area contributed by atoms with E-state index < -0.39 is 28.1 Å². The highest BCUT2D eigenvalue weighted by Gasteiger charge is 2.34. The molecule has 1 saturated heterocycles. The average molecular weight is 369 g/mol. The first-order valence-electron chi connectivity index (χ1n) is 8.21. The van der Waals surface area contributed by atoms with Crippen LogP contribution in [0.3, 0.4) is 0 Å². The number of carbonyl (C=O) groups is 2. The minimum atomic E-state index is -3.74. The maximum Gasteiger partial charge on any atom is 0.309 e. The Hall–Kier alpha value is -1.97. The molecule has 0 radical (unpaired) electrons. The Balaban J connectivity index is 2.03. The van der Waals surface area contributed by atoms with Crippen LogP contribution in [0.1, 0.15) is 19.8 Å². The molecule has 1 aliphatic heterocycles. The molecule has 1 fully saturated rings. The molecule has 0 bridgehead atoms.